The number of hydrogen-bond acceptors (Lipinski definition) is 5. The van der Waals surface area contributed by atoms with Crippen LogP contribution in [0.25, 0.3) is 0 Å². The maximum Gasteiger partial charge on any atom is 0.148 e. The summed E-state index contributed by atoms with van der Waals surface area (Å²) in [6.45, 7) is 4.45. The number of hydrogen-bond donors (Lipinski definition) is 2. The second kappa shape index (κ2) is 6.49. The summed E-state index contributed by atoms with van der Waals surface area (Å²) in [5, 5.41) is 0. The Morgan fingerprint density at radius 1 is 1.33 bits per heavy atom. The average molecular weight is 289 g/mol. The van der Waals surface area contributed by atoms with E-state index in [-0.39, 0.29) is 5.82 Å². The molecule has 0 bridgehead atoms. The highest BCUT2D eigenvalue weighted by molar-refractivity contribution is 5.58. The number of benzene rings is 1. The zero-order valence-corrected chi connectivity index (χ0v) is 12.5. The standard InChI is InChI=1S/C15H20FN5/c1-4-13-18-14(20-17)10(2)15(19-13)21(3)9-11-6-5-7-12(16)8-11/h5-8H,4,9,17H2,1-3H3,(H,18,19,20). The second-order valence-electron chi connectivity index (χ2n) is 4.92. The molecule has 3 N–H and O–H groups in total. The molecule has 0 atom stereocenters. The summed E-state index contributed by atoms with van der Waals surface area (Å²) in [4.78, 5) is 10.8. The van der Waals surface area contributed by atoms with Crippen molar-refractivity contribution in [2.45, 2.75) is 26.8 Å². The van der Waals surface area contributed by atoms with Crippen LogP contribution < -0.4 is 16.2 Å². The number of hydrazine groups is 1. The van der Waals surface area contributed by atoms with Crippen LogP contribution in [0.15, 0.2) is 24.3 Å². The Hall–Kier alpha value is -2.21. The van der Waals surface area contributed by atoms with Gasteiger partial charge in [0.15, 0.2) is 0 Å². The third kappa shape index (κ3) is 3.46. The van der Waals surface area contributed by atoms with Gasteiger partial charge in [-0.25, -0.2) is 20.2 Å². The highest BCUT2D eigenvalue weighted by atomic mass is 19.1. The number of nitrogens with two attached hydrogens (primary N) is 1. The van der Waals surface area contributed by atoms with E-state index in [0.29, 0.717) is 12.4 Å². The van der Waals surface area contributed by atoms with Gasteiger partial charge in [-0.05, 0) is 24.6 Å². The van der Waals surface area contributed by atoms with E-state index in [2.05, 4.69) is 15.4 Å². The lowest BCUT2D eigenvalue weighted by Gasteiger charge is -2.22. The van der Waals surface area contributed by atoms with Crippen molar-refractivity contribution in [1.29, 1.82) is 0 Å². The predicted molar refractivity (Wildman–Crippen MR) is 82.5 cm³/mol. The first-order chi connectivity index (χ1) is 10.0. The first kappa shape index (κ1) is 15.2. The molecule has 1 aromatic carbocycles. The minimum Gasteiger partial charge on any atom is -0.355 e. The molecule has 0 fully saturated rings. The van der Waals surface area contributed by atoms with Crippen LogP contribution in [0, 0.1) is 12.7 Å². The molecule has 112 valence electrons. The van der Waals surface area contributed by atoms with Gasteiger partial charge in [-0.1, -0.05) is 19.1 Å². The van der Waals surface area contributed by atoms with Crippen LogP contribution in [0.1, 0.15) is 23.9 Å². The molecule has 0 saturated carbocycles. The largest absolute Gasteiger partial charge is 0.355 e. The van der Waals surface area contributed by atoms with E-state index < -0.39 is 0 Å². The minimum atomic E-state index is -0.237. The highest BCUT2D eigenvalue weighted by Gasteiger charge is 2.13. The highest BCUT2D eigenvalue weighted by Crippen LogP contribution is 2.23. The van der Waals surface area contributed by atoms with Crippen LogP contribution in [0.4, 0.5) is 16.0 Å². The van der Waals surface area contributed by atoms with Gasteiger partial charge in [-0.15, -0.1) is 0 Å². The SMILES string of the molecule is CCc1nc(NN)c(C)c(N(C)Cc2cccc(F)c2)n1. The molecule has 0 spiro atoms. The quantitative estimate of drug-likeness (QED) is 0.653. The molecule has 0 unspecified atom stereocenters. The Kier molecular flexibility index (Phi) is 4.70. The Labute approximate surface area is 124 Å². The summed E-state index contributed by atoms with van der Waals surface area (Å²) in [6.07, 6.45) is 0.718. The summed E-state index contributed by atoms with van der Waals surface area (Å²) >= 11 is 0. The molecule has 0 saturated heterocycles. The van der Waals surface area contributed by atoms with Crippen molar-refractivity contribution < 1.29 is 4.39 Å². The van der Waals surface area contributed by atoms with Gasteiger partial charge < -0.3 is 10.3 Å². The predicted octanol–water partition coefficient (Wildman–Crippen LogP) is 2.41. The average Bonchev–Trinajstić information content (AvgIpc) is 2.47. The van der Waals surface area contributed by atoms with Gasteiger partial charge in [0.2, 0.25) is 0 Å². The maximum atomic E-state index is 13.3. The minimum absolute atomic E-state index is 0.237. The van der Waals surface area contributed by atoms with Crippen molar-refractivity contribution in [3.63, 3.8) is 0 Å². The summed E-state index contributed by atoms with van der Waals surface area (Å²) in [5.41, 5.74) is 4.35. The van der Waals surface area contributed by atoms with Gasteiger partial charge >= 0.3 is 0 Å². The van der Waals surface area contributed by atoms with Crippen molar-refractivity contribution in [2.75, 3.05) is 17.4 Å². The van der Waals surface area contributed by atoms with Gasteiger partial charge in [0.25, 0.3) is 0 Å². The molecule has 0 radical (unpaired) electrons. The van der Waals surface area contributed by atoms with E-state index >= 15 is 0 Å². The fourth-order valence-corrected chi connectivity index (χ4v) is 2.20. The molecule has 6 heteroatoms. The van der Waals surface area contributed by atoms with Gasteiger partial charge in [0.1, 0.15) is 23.3 Å². The zero-order chi connectivity index (χ0) is 15.4. The summed E-state index contributed by atoms with van der Waals surface area (Å²) in [6, 6.07) is 6.55. The van der Waals surface area contributed by atoms with E-state index in [0.717, 1.165) is 29.2 Å². The molecular weight excluding hydrogens is 269 g/mol. The molecule has 0 aliphatic heterocycles. The zero-order valence-electron chi connectivity index (χ0n) is 12.5. The van der Waals surface area contributed by atoms with Crippen molar-refractivity contribution >= 4 is 11.6 Å². The van der Waals surface area contributed by atoms with Gasteiger partial charge in [-0.3, -0.25) is 0 Å². The topological polar surface area (TPSA) is 67.1 Å². The van der Waals surface area contributed by atoms with E-state index in [1.54, 1.807) is 6.07 Å². The summed E-state index contributed by atoms with van der Waals surface area (Å²) in [5.74, 6) is 7.39. The first-order valence-corrected chi connectivity index (χ1v) is 6.84. The van der Waals surface area contributed by atoms with Gasteiger partial charge in [0.05, 0.1) is 0 Å². The molecule has 5 nitrogen and oxygen atoms in total. The fraction of sp³-hybridized carbons (Fsp3) is 0.333. The van der Waals surface area contributed by atoms with E-state index in [4.69, 9.17) is 5.84 Å². The number of nitrogen functional groups attached to an aromatic ring is 1. The molecule has 0 aliphatic carbocycles. The molecule has 0 aliphatic rings. The smallest absolute Gasteiger partial charge is 0.148 e. The Balaban J connectivity index is 2.32. The number of halogens is 1. The number of nitrogens with one attached hydrogen (secondary N) is 1. The van der Waals surface area contributed by atoms with Crippen LogP contribution in [-0.4, -0.2) is 17.0 Å². The lowest BCUT2D eigenvalue weighted by Crippen LogP contribution is -2.22. The fourth-order valence-electron chi connectivity index (χ4n) is 2.20. The number of rotatable bonds is 5. The van der Waals surface area contributed by atoms with Crippen LogP contribution in [0.2, 0.25) is 0 Å². The molecule has 2 rings (SSSR count). The Morgan fingerprint density at radius 3 is 2.71 bits per heavy atom. The van der Waals surface area contributed by atoms with E-state index in [9.17, 15) is 4.39 Å². The Bertz CT molecular complexity index is 629. The van der Waals surface area contributed by atoms with E-state index in [1.165, 1.54) is 12.1 Å². The monoisotopic (exact) mass is 289 g/mol. The molecule has 0 amide bonds. The maximum absolute atomic E-state index is 13.3. The van der Waals surface area contributed by atoms with Crippen molar-refractivity contribution in [3.8, 4) is 0 Å². The third-order valence-electron chi connectivity index (χ3n) is 3.29. The number of anilines is 2. The number of aryl methyl sites for hydroxylation is 1. The molecule has 2 aromatic rings. The Morgan fingerprint density at radius 2 is 2.10 bits per heavy atom. The van der Waals surface area contributed by atoms with Gasteiger partial charge in [-0.2, -0.15) is 0 Å². The molecule has 1 heterocycles. The normalized spacial score (nSPS) is 10.5. The summed E-state index contributed by atoms with van der Waals surface area (Å²) < 4.78 is 13.3. The van der Waals surface area contributed by atoms with Gasteiger partial charge in [0, 0.05) is 25.6 Å². The molecule has 1 aromatic heterocycles. The van der Waals surface area contributed by atoms with Crippen LogP contribution in [-0.2, 0) is 13.0 Å². The lowest BCUT2D eigenvalue weighted by atomic mass is 10.2. The number of nitrogens with zero attached hydrogens (tertiary/aromatic N) is 3. The van der Waals surface area contributed by atoms with Crippen LogP contribution >= 0.6 is 0 Å². The molecular formula is C15H20FN5. The molecule has 21 heavy (non-hydrogen) atoms. The third-order valence-corrected chi connectivity index (χ3v) is 3.29. The summed E-state index contributed by atoms with van der Waals surface area (Å²) in [7, 11) is 1.92. The second-order valence-corrected chi connectivity index (χ2v) is 4.92. The number of aromatic nitrogens is 2. The van der Waals surface area contributed by atoms with Crippen molar-refractivity contribution in [3.05, 3.63) is 47.0 Å². The van der Waals surface area contributed by atoms with Crippen LogP contribution in [0.5, 0.6) is 0 Å². The van der Waals surface area contributed by atoms with E-state index in [1.807, 2.05) is 31.9 Å². The van der Waals surface area contributed by atoms with Crippen molar-refractivity contribution in [1.82, 2.24) is 9.97 Å². The van der Waals surface area contributed by atoms with Crippen molar-refractivity contribution in [2.24, 2.45) is 5.84 Å². The first-order valence-electron chi connectivity index (χ1n) is 6.84. The van der Waals surface area contributed by atoms with Crippen LogP contribution in [0.3, 0.4) is 0 Å². The lowest BCUT2D eigenvalue weighted by molar-refractivity contribution is 0.625.